The number of carboxylic acids is 1. The first-order chi connectivity index (χ1) is 8.25. The standard InChI is InChI=1S/C12H12N2O3/c15-12(16)6-5-9-3-1-2-4-11(9)17-10-7-13-14-8-10/h1-4,7-8H,5-6H2,(H,13,14)(H,15,16). The van der Waals surface area contributed by atoms with Crippen molar-refractivity contribution in [2.75, 3.05) is 0 Å². The van der Waals surface area contributed by atoms with Crippen LogP contribution in [0.2, 0.25) is 0 Å². The molecule has 0 aliphatic rings. The van der Waals surface area contributed by atoms with Crippen molar-refractivity contribution >= 4 is 5.97 Å². The summed E-state index contributed by atoms with van der Waals surface area (Å²) in [7, 11) is 0. The fraction of sp³-hybridized carbons (Fsp3) is 0.167. The fourth-order valence-corrected chi connectivity index (χ4v) is 1.47. The molecule has 0 amide bonds. The number of aryl methyl sites for hydroxylation is 1. The van der Waals surface area contributed by atoms with Crippen molar-refractivity contribution in [3.8, 4) is 11.5 Å². The van der Waals surface area contributed by atoms with Gasteiger partial charge in [0.15, 0.2) is 5.75 Å². The molecule has 0 atom stereocenters. The number of ether oxygens (including phenoxy) is 1. The summed E-state index contributed by atoms with van der Waals surface area (Å²) in [5.41, 5.74) is 0.871. The number of nitrogens with one attached hydrogen (secondary N) is 1. The van der Waals surface area contributed by atoms with Gasteiger partial charge in [0.1, 0.15) is 5.75 Å². The normalized spacial score (nSPS) is 10.1. The number of carboxylic acid groups (broad SMARTS) is 1. The van der Waals surface area contributed by atoms with Crippen molar-refractivity contribution in [3.05, 3.63) is 42.2 Å². The first-order valence-corrected chi connectivity index (χ1v) is 5.22. The van der Waals surface area contributed by atoms with Gasteiger partial charge < -0.3 is 9.84 Å². The number of rotatable bonds is 5. The molecule has 0 saturated heterocycles. The van der Waals surface area contributed by atoms with E-state index in [4.69, 9.17) is 9.84 Å². The molecule has 1 aromatic heterocycles. The summed E-state index contributed by atoms with van der Waals surface area (Å²) >= 11 is 0. The zero-order valence-electron chi connectivity index (χ0n) is 9.09. The fourth-order valence-electron chi connectivity index (χ4n) is 1.47. The number of para-hydroxylation sites is 1. The van der Waals surface area contributed by atoms with Gasteiger partial charge in [0, 0.05) is 6.42 Å². The summed E-state index contributed by atoms with van der Waals surface area (Å²) in [5, 5.41) is 15.1. The van der Waals surface area contributed by atoms with E-state index >= 15 is 0 Å². The van der Waals surface area contributed by atoms with Crippen LogP contribution in [0.3, 0.4) is 0 Å². The molecule has 0 unspecified atom stereocenters. The summed E-state index contributed by atoms with van der Waals surface area (Å²) < 4.78 is 5.60. The SMILES string of the molecule is O=C(O)CCc1ccccc1Oc1cn[nH]c1. The minimum absolute atomic E-state index is 0.0890. The molecule has 0 radical (unpaired) electrons. The van der Waals surface area contributed by atoms with Crippen LogP contribution in [0.25, 0.3) is 0 Å². The Hall–Kier alpha value is -2.30. The van der Waals surface area contributed by atoms with Crippen molar-refractivity contribution in [3.63, 3.8) is 0 Å². The second-order valence-electron chi connectivity index (χ2n) is 3.54. The first-order valence-electron chi connectivity index (χ1n) is 5.22. The third-order valence-corrected chi connectivity index (χ3v) is 2.28. The number of hydrogen-bond acceptors (Lipinski definition) is 3. The molecule has 2 rings (SSSR count). The highest BCUT2D eigenvalue weighted by atomic mass is 16.5. The Labute approximate surface area is 98.0 Å². The summed E-state index contributed by atoms with van der Waals surface area (Å²) in [5.74, 6) is 0.450. The first kappa shape index (κ1) is 11.2. The van der Waals surface area contributed by atoms with Crippen molar-refractivity contribution in [2.45, 2.75) is 12.8 Å². The highest BCUT2D eigenvalue weighted by Crippen LogP contribution is 2.25. The number of benzene rings is 1. The van der Waals surface area contributed by atoms with Gasteiger partial charge in [-0.25, -0.2) is 0 Å². The quantitative estimate of drug-likeness (QED) is 0.828. The molecule has 0 bridgehead atoms. The van der Waals surface area contributed by atoms with Gasteiger partial charge in [-0.05, 0) is 18.1 Å². The van der Waals surface area contributed by atoms with Crippen LogP contribution in [-0.4, -0.2) is 21.3 Å². The number of aromatic amines is 1. The number of nitrogens with zero attached hydrogens (tertiary/aromatic N) is 1. The van der Waals surface area contributed by atoms with E-state index in [2.05, 4.69) is 10.2 Å². The second kappa shape index (κ2) is 5.16. The van der Waals surface area contributed by atoms with Gasteiger partial charge in [0.25, 0.3) is 0 Å². The molecule has 0 saturated carbocycles. The molecule has 0 aliphatic heterocycles. The minimum atomic E-state index is -0.817. The van der Waals surface area contributed by atoms with Gasteiger partial charge in [-0.15, -0.1) is 0 Å². The highest BCUT2D eigenvalue weighted by Gasteiger charge is 2.06. The maximum Gasteiger partial charge on any atom is 0.303 e. The van der Waals surface area contributed by atoms with Crippen molar-refractivity contribution in [2.24, 2.45) is 0 Å². The number of aliphatic carboxylic acids is 1. The van der Waals surface area contributed by atoms with Gasteiger partial charge >= 0.3 is 5.97 Å². The molecule has 2 aromatic rings. The van der Waals surface area contributed by atoms with E-state index in [0.717, 1.165) is 5.56 Å². The van der Waals surface area contributed by atoms with Crippen molar-refractivity contribution in [1.29, 1.82) is 0 Å². The Bertz CT molecular complexity index is 494. The van der Waals surface area contributed by atoms with E-state index in [1.807, 2.05) is 24.3 Å². The van der Waals surface area contributed by atoms with Crippen LogP contribution in [-0.2, 0) is 11.2 Å². The second-order valence-corrected chi connectivity index (χ2v) is 3.54. The number of carbonyl (C=O) groups is 1. The third kappa shape index (κ3) is 3.07. The number of H-pyrrole nitrogens is 1. The lowest BCUT2D eigenvalue weighted by atomic mass is 10.1. The molecule has 5 heteroatoms. The van der Waals surface area contributed by atoms with Gasteiger partial charge in [0.2, 0.25) is 0 Å². The molecule has 0 spiro atoms. The van der Waals surface area contributed by atoms with E-state index in [0.29, 0.717) is 17.9 Å². The lowest BCUT2D eigenvalue weighted by molar-refractivity contribution is -0.136. The molecular formula is C12H12N2O3. The van der Waals surface area contributed by atoms with Gasteiger partial charge in [-0.2, -0.15) is 5.10 Å². The Morgan fingerprint density at radius 1 is 1.41 bits per heavy atom. The van der Waals surface area contributed by atoms with Crippen LogP contribution in [0.15, 0.2) is 36.7 Å². The van der Waals surface area contributed by atoms with Crippen LogP contribution in [0, 0.1) is 0 Å². The van der Waals surface area contributed by atoms with Gasteiger partial charge in [-0.3, -0.25) is 9.89 Å². The zero-order chi connectivity index (χ0) is 12.1. The van der Waals surface area contributed by atoms with Gasteiger partial charge in [0.05, 0.1) is 12.4 Å². The third-order valence-electron chi connectivity index (χ3n) is 2.28. The Balaban J connectivity index is 2.13. The molecule has 1 heterocycles. The topological polar surface area (TPSA) is 75.2 Å². The average Bonchev–Trinajstić information content (AvgIpc) is 2.80. The average molecular weight is 232 g/mol. The van der Waals surface area contributed by atoms with E-state index in [1.54, 1.807) is 12.4 Å². The van der Waals surface area contributed by atoms with Crippen molar-refractivity contribution < 1.29 is 14.6 Å². The molecule has 88 valence electrons. The molecule has 5 nitrogen and oxygen atoms in total. The molecule has 1 aromatic carbocycles. The predicted octanol–water partition coefficient (Wildman–Crippen LogP) is 2.22. The lowest BCUT2D eigenvalue weighted by Gasteiger charge is -2.08. The molecule has 17 heavy (non-hydrogen) atoms. The summed E-state index contributed by atoms with van der Waals surface area (Å²) in [6.07, 6.45) is 3.73. The van der Waals surface area contributed by atoms with E-state index in [9.17, 15) is 4.79 Å². The summed E-state index contributed by atoms with van der Waals surface area (Å²) in [6, 6.07) is 7.38. The van der Waals surface area contributed by atoms with Gasteiger partial charge in [-0.1, -0.05) is 18.2 Å². The maximum atomic E-state index is 10.5. The number of hydrogen-bond donors (Lipinski definition) is 2. The number of aromatic nitrogens is 2. The van der Waals surface area contributed by atoms with Crippen LogP contribution in [0.1, 0.15) is 12.0 Å². The summed E-state index contributed by atoms with van der Waals surface area (Å²) in [4.78, 5) is 10.5. The zero-order valence-corrected chi connectivity index (χ0v) is 9.09. The molecule has 2 N–H and O–H groups in total. The molecule has 0 fully saturated rings. The molecule has 0 aliphatic carbocycles. The Kier molecular flexibility index (Phi) is 3.40. The lowest BCUT2D eigenvalue weighted by Crippen LogP contribution is -1.99. The van der Waals surface area contributed by atoms with E-state index in [-0.39, 0.29) is 6.42 Å². The monoisotopic (exact) mass is 232 g/mol. The maximum absolute atomic E-state index is 10.5. The largest absolute Gasteiger partial charge is 0.481 e. The van der Waals surface area contributed by atoms with Crippen LogP contribution in [0.5, 0.6) is 11.5 Å². The minimum Gasteiger partial charge on any atom is -0.481 e. The van der Waals surface area contributed by atoms with Crippen LogP contribution < -0.4 is 4.74 Å². The summed E-state index contributed by atoms with van der Waals surface area (Å²) in [6.45, 7) is 0. The Morgan fingerprint density at radius 2 is 2.24 bits per heavy atom. The highest BCUT2D eigenvalue weighted by molar-refractivity contribution is 5.67. The van der Waals surface area contributed by atoms with Crippen LogP contribution in [0.4, 0.5) is 0 Å². The smallest absolute Gasteiger partial charge is 0.303 e. The van der Waals surface area contributed by atoms with Crippen LogP contribution >= 0.6 is 0 Å². The van der Waals surface area contributed by atoms with E-state index in [1.165, 1.54) is 0 Å². The predicted molar refractivity (Wildman–Crippen MR) is 61.1 cm³/mol. The van der Waals surface area contributed by atoms with E-state index < -0.39 is 5.97 Å². The Morgan fingerprint density at radius 3 is 2.94 bits per heavy atom. The van der Waals surface area contributed by atoms with Crippen molar-refractivity contribution in [1.82, 2.24) is 10.2 Å². The molecular weight excluding hydrogens is 220 g/mol.